The highest BCUT2D eigenvalue weighted by Crippen LogP contribution is 2.36. The molecular weight excluding hydrogens is 486 g/mol. The Morgan fingerprint density at radius 2 is 1.12 bits per heavy atom. The number of hydrogen-bond acceptors (Lipinski definition) is 2. The summed E-state index contributed by atoms with van der Waals surface area (Å²) in [6, 6.07) is 47.7. The largest absolute Gasteiger partial charge is 0.274 e. The van der Waals surface area contributed by atoms with E-state index in [4.69, 9.17) is 0 Å². The Morgan fingerprint density at radius 1 is 0.475 bits per heavy atom. The number of nitrogens with zero attached hydrogens (tertiary/aromatic N) is 3. The van der Waals surface area contributed by atoms with E-state index in [1.807, 2.05) is 0 Å². The van der Waals surface area contributed by atoms with Crippen LogP contribution in [0.5, 0.6) is 0 Å². The molecule has 3 heteroatoms. The number of aryl methyl sites for hydroxylation is 1. The molecule has 40 heavy (non-hydrogen) atoms. The average molecular weight is 512 g/mol. The van der Waals surface area contributed by atoms with E-state index in [-0.39, 0.29) is 0 Å². The fourth-order valence-corrected chi connectivity index (χ4v) is 5.94. The van der Waals surface area contributed by atoms with Crippen molar-refractivity contribution >= 4 is 38.1 Å². The van der Waals surface area contributed by atoms with Gasteiger partial charge in [0.05, 0.1) is 5.52 Å². The highest BCUT2D eigenvalue weighted by atomic mass is 15.2. The zero-order valence-electron chi connectivity index (χ0n) is 22.0. The van der Waals surface area contributed by atoms with Gasteiger partial charge in [0.25, 0.3) is 0 Å². The first kappa shape index (κ1) is 22.7. The van der Waals surface area contributed by atoms with E-state index >= 15 is 0 Å². The normalized spacial score (nSPS) is 11.6. The molecule has 0 bridgehead atoms. The molecule has 0 saturated carbocycles. The van der Waals surface area contributed by atoms with E-state index in [1.165, 1.54) is 49.4 Å². The lowest BCUT2D eigenvalue weighted by Crippen LogP contribution is -1.95. The van der Waals surface area contributed by atoms with E-state index in [2.05, 4.69) is 155 Å². The van der Waals surface area contributed by atoms with E-state index in [1.54, 1.807) is 0 Å². The summed E-state index contributed by atoms with van der Waals surface area (Å²) in [6.45, 7) is 2.10. The summed E-state index contributed by atoms with van der Waals surface area (Å²) in [5, 5.41) is 15.3. The van der Waals surface area contributed by atoms with E-state index in [0.717, 1.165) is 27.9 Å². The van der Waals surface area contributed by atoms with Crippen molar-refractivity contribution in [2.24, 2.45) is 0 Å². The molecule has 0 fully saturated rings. The van der Waals surface area contributed by atoms with Crippen molar-refractivity contribution in [2.45, 2.75) is 6.92 Å². The number of fused-ring (bicyclic) bond motifs is 7. The molecule has 0 unspecified atom stereocenters. The lowest BCUT2D eigenvalue weighted by Gasteiger charge is -2.12. The van der Waals surface area contributed by atoms with Crippen LogP contribution in [0.4, 0.5) is 0 Å². The van der Waals surface area contributed by atoms with Crippen LogP contribution < -0.4 is 0 Å². The molecule has 0 saturated heterocycles. The molecule has 0 atom stereocenters. The Bertz CT molecular complexity index is 2200. The first-order valence-corrected chi connectivity index (χ1v) is 13.6. The van der Waals surface area contributed by atoms with Crippen LogP contribution in [0.3, 0.4) is 0 Å². The monoisotopic (exact) mass is 511 g/mol. The van der Waals surface area contributed by atoms with E-state index in [9.17, 15) is 0 Å². The van der Waals surface area contributed by atoms with Gasteiger partial charge in [0.15, 0.2) is 11.5 Å². The van der Waals surface area contributed by atoms with Gasteiger partial charge in [-0.15, -0.1) is 10.2 Å². The van der Waals surface area contributed by atoms with Crippen LogP contribution in [0, 0.1) is 6.92 Å². The standard InChI is InChI=1S/C37H25N3/c1-24-13-15-28(16-14-24)36-38-39-37-33-11-5-4-10-32(33)34-23-29(21-22-35(34)40(36)37)25-17-19-27(20-18-25)31-12-6-8-26-7-2-3-9-30(26)31/h2-23H,1H3. The average Bonchev–Trinajstić information content (AvgIpc) is 3.47. The number of pyridine rings is 1. The third-order valence-electron chi connectivity index (χ3n) is 7.99. The van der Waals surface area contributed by atoms with Crippen LogP contribution >= 0.6 is 0 Å². The van der Waals surface area contributed by atoms with Gasteiger partial charge in [-0.25, -0.2) is 0 Å². The maximum absolute atomic E-state index is 4.65. The van der Waals surface area contributed by atoms with Crippen LogP contribution in [0.2, 0.25) is 0 Å². The molecule has 0 amide bonds. The zero-order valence-corrected chi connectivity index (χ0v) is 22.0. The molecular formula is C37H25N3. The minimum atomic E-state index is 0.859. The molecule has 0 N–H and O–H groups in total. The molecule has 2 aromatic heterocycles. The van der Waals surface area contributed by atoms with Gasteiger partial charge in [-0.05, 0) is 57.5 Å². The van der Waals surface area contributed by atoms with Gasteiger partial charge < -0.3 is 0 Å². The summed E-state index contributed by atoms with van der Waals surface area (Å²) in [7, 11) is 0. The van der Waals surface area contributed by atoms with Crippen LogP contribution in [0.1, 0.15) is 5.56 Å². The lowest BCUT2D eigenvalue weighted by molar-refractivity contribution is 1.12. The fourth-order valence-electron chi connectivity index (χ4n) is 5.94. The Kier molecular flexibility index (Phi) is 5.04. The maximum atomic E-state index is 4.65. The van der Waals surface area contributed by atoms with Crippen LogP contribution in [0.25, 0.3) is 71.7 Å². The second-order valence-electron chi connectivity index (χ2n) is 10.4. The number of aromatic nitrogens is 3. The van der Waals surface area contributed by atoms with Crippen molar-refractivity contribution in [3.63, 3.8) is 0 Å². The van der Waals surface area contributed by atoms with Gasteiger partial charge >= 0.3 is 0 Å². The van der Waals surface area contributed by atoms with Crippen LogP contribution in [0.15, 0.2) is 133 Å². The third kappa shape index (κ3) is 3.52. The van der Waals surface area contributed by atoms with Crippen LogP contribution in [-0.4, -0.2) is 14.6 Å². The summed E-state index contributed by atoms with van der Waals surface area (Å²) in [5.74, 6) is 0.859. The molecule has 8 rings (SSSR count). The van der Waals surface area contributed by atoms with Crippen molar-refractivity contribution in [3.05, 3.63) is 139 Å². The van der Waals surface area contributed by atoms with Crippen molar-refractivity contribution < 1.29 is 0 Å². The summed E-state index contributed by atoms with van der Waals surface area (Å²) < 4.78 is 2.20. The van der Waals surface area contributed by atoms with Crippen molar-refractivity contribution in [1.29, 1.82) is 0 Å². The van der Waals surface area contributed by atoms with Gasteiger partial charge in [-0.3, -0.25) is 4.40 Å². The maximum Gasteiger partial charge on any atom is 0.169 e. The third-order valence-corrected chi connectivity index (χ3v) is 7.99. The smallest absolute Gasteiger partial charge is 0.169 e. The Labute approximate surface area is 232 Å². The Balaban J connectivity index is 1.30. The number of rotatable bonds is 3. The van der Waals surface area contributed by atoms with Gasteiger partial charge in [-0.2, -0.15) is 0 Å². The van der Waals surface area contributed by atoms with Crippen LogP contribution in [-0.2, 0) is 0 Å². The molecule has 0 aliphatic rings. The highest BCUT2D eigenvalue weighted by Gasteiger charge is 2.16. The minimum absolute atomic E-state index is 0.859. The van der Waals surface area contributed by atoms with Crippen molar-refractivity contribution in [3.8, 4) is 33.6 Å². The summed E-state index contributed by atoms with van der Waals surface area (Å²) in [6.07, 6.45) is 0. The second-order valence-corrected chi connectivity index (χ2v) is 10.4. The number of hydrogen-bond donors (Lipinski definition) is 0. The Morgan fingerprint density at radius 3 is 1.95 bits per heavy atom. The predicted octanol–water partition coefficient (Wildman–Crippen LogP) is 9.50. The van der Waals surface area contributed by atoms with Gasteiger partial charge in [0.1, 0.15) is 0 Å². The van der Waals surface area contributed by atoms with Crippen molar-refractivity contribution in [1.82, 2.24) is 14.6 Å². The molecule has 8 aromatic rings. The molecule has 6 aromatic carbocycles. The van der Waals surface area contributed by atoms with Crippen molar-refractivity contribution in [2.75, 3.05) is 0 Å². The highest BCUT2D eigenvalue weighted by molar-refractivity contribution is 6.13. The zero-order chi connectivity index (χ0) is 26.6. The quantitative estimate of drug-likeness (QED) is 0.221. The molecule has 0 aliphatic heterocycles. The molecule has 0 radical (unpaired) electrons. The first-order chi connectivity index (χ1) is 19.7. The van der Waals surface area contributed by atoms with Gasteiger partial charge in [-0.1, -0.05) is 127 Å². The van der Waals surface area contributed by atoms with Gasteiger partial charge in [0, 0.05) is 16.3 Å². The molecule has 2 heterocycles. The molecule has 0 spiro atoms. The summed E-state index contributed by atoms with van der Waals surface area (Å²) in [5.41, 5.74) is 9.13. The lowest BCUT2D eigenvalue weighted by atomic mass is 9.95. The fraction of sp³-hybridized carbons (Fsp3) is 0.0270. The first-order valence-electron chi connectivity index (χ1n) is 13.6. The summed E-state index contributed by atoms with van der Waals surface area (Å²) >= 11 is 0. The summed E-state index contributed by atoms with van der Waals surface area (Å²) in [4.78, 5) is 0. The minimum Gasteiger partial charge on any atom is -0.274 e. The predicted molar refractivity (Wildman–Crippen MR) is 167 cm³/mol. The van der Waals surface area contributed by atoms with Gasteiger partial charge in [0.2, 0.25) is 0 Å². The van der Waals surface area contributed by atoms with E-state index < -0.39 is 0 Å². The number of benzene rings is 6. The molecule has 0 aliphatic carbocycles. The topological polar surface area (TPSA) is 30.2 Å². The van der Waals surface area contributed by atoms with E-state index in [0.29, 0.717) is 0 Å². The second kappa shape index (κ2) is 8.89. The SMILES string of the molecule is Cc1ccc(-c2nnc3c4ccccc4c4cc(-c5ccc(-c6cccc7ccccc67)cc5)ccc4n23)cc1. The molecule has 3 nitrogen and oxygen atoms in total. The Hall–Kier alpha value is -5.28. The molecule has 188 valence electrons.